The standard InChI is InChI=1S/C26H23F3N4O3/c1-14(31-12-11-20(30)34)16-7-9-18-17(13-16)8-10-19-22(18)32-36-25(19)23-21(26(27,28)29)24(35-33-23)15-5-3-2-4-6-15/h2-7,9,13-14,31H,8,10-12H2,1H3,(H2,30,34). The molecule has 1 aliphatic carbocycles. The summed E-state index contributed by atoms with van der Waals surface area (Å²) >= 11 is 0. The number of halogens is 3. The van der Waals surface area contributed by atoms with Gasteiger partial charge in [0.05, 0.1) is 0 Å². The number of rotatable bonds is 7. The minimum absolute atomic E-state index is 0.00945. The van der Waals surface area contributed by atoms with Crippen LogP contribution in [-0.4, -0.2) is 22.8 Å². The summed E-state index contributed by atoms with van der Waals surface area (Å²) in [5.41, 5.74) is 8.00. The fourth-order valence-corrected chi connectivity index (χ4v) is 4.54. The monoisotopic (exact) mass is 496 g/mol. The molecule has 1 unspecified atom stereocenters. The molecular weight excluding hydrogens is 473 g/mol. The Morgan fingerprint density at radius 1 is 1.06 bits per heavy atom. The molecule has 0 fully saturated rings. The number of nitrogens with one attached hydrogen (secondary N) is 1. The average Bonchev–Trinajstić information content (AvgIpc) is 3.48. The average molecular weight is 496 g/mol. The van der Waals surface area contributed by atoms with Gasteiger partial charge in [0.1, 0.15) is 11.3 Å². The third-order valence-corrected chi connectivity index (χ3v) is 6.37. The van der Waals surface area contributed by atoms with Crippen molar-refractivity contribution in [2.24, 2.45) is 5.73 Å². The number of amides is 1. The normalized spacial score (nSPS) is 13.8. The molecule has 3 N–H and O–H groups in total. The lowest BCUT2D eigenvalue weighted by atomic mass is 9.86. The first-order valence-electron chi connectivity index (χ1n) is 11.5. The lowest BCUT2D eigenvalue weighted by molar-refractivity contribution is -0.136. The number of nitrogens with two attached hydrogens (primary N) is 1. The van der Waals surface area contributed by atoms with Gasteiger partial charge in [-0.1, -0.05) is 58.8 Å². The van der Waals surface area contributed by atoms with Gasteiger partial charge in [-0.15, -0.1) is 0 Å². The van der Waals surface area contributed by atoms with Gasteiger partial charge in [0.15, 0.2) is 17.2 Å². The molecule has 1 aliphatic rings. The zero-order chi connectivity index (χ0) is 25.4. The summed E-state index contributed by atoms with van der Waals surface area (Å²) in [6.07, 6.45) is -3.42. The van der Waals surface area contributed by atoms with Gasteiger partial charge < -0.3 is 20.1 Å². The fraction of sp³-hybridized carbons (Fsp3) is 0.269. The largest absolute Gasteiger partial charge is 0.422 e. The van der Waals surface area contributed by atoms with Crippen molar-refractivity contribution >= 4 is 5.91 Å². The van der Waals surface area contributed by atoms with Crippen molar-refractivity contribution in [1.29, 1.82) is 0 Å². The highest BCUT2D eigenvalue weighted by Gasteiger charge is 2.43. The van der Waals surface area contributed by atoms with Crippen LogP contribution in [0.5, 0.6) is 0 Å². The van der Waals surface area contributed by atoms with Crippen LogP contribution in [0.25, 0.3) is 34.0 Å². The van der Waals surface area contributed by atoms with Crippen LogP contribution in [0, 0.1) is 0 Å². The van der Waals surface area contributed by atoms with Crippen molar-refractivity contribution in [1.82, 2.24) is 15.6 Å². The molecular formula is C26H23F3N4O3. The highest BCUT2D eigenvalue weighted by Crippen LogP contribution is 2.46. The first kappa shape index (κ1) is 23.8. The first-order chi connectivity index (χ1) is 17.2. The Labute approximate surface area is 204 Å². The highest BCUT2D eigenvalue weighted by atomic mass is 19.4. The molecule has 0 radical (unpaired) electrons. The van der Waals surface area contributed by atoms with E-state index >= 15 is 0 Å². The van der Waals surface area contributed by atoms with E-state index in [9.17, 15) is 18.0 Å². The highest BCUT2D eigenvalue weighted by molar-refractivity contribution is 5.79. The van der Waals surface area contributed by atoms with Crippen molar-refractivity contribution < 1.29 is 27.0 Å². The second-order valence-electron chi connectivity index (χ2n) is 8.75. The maximum atomic E-state index is 14.1. The van der Waals surface area contributed by atoms with E-state index in [1.807, 2.05) is 25.1 Å². The molecule has 36 heavy (non-hydrogen) atoms. The number of nitrogens with zero attached hydrogens (tertiary/aromatic N) is 2. The van der Waals surface area contributed by atoms with E-state index in [4.69, 9.17) is 14.8 Å². The molecule has 0 saturated heterocycles. The molecule has 5 rings (SSSR count). The molecule has 1 atom stereocenters. The van der Waals surface area contributed by atoms with Gasteiger partial charge in [-0.3, -0.25) is 4.79 Å². The van der Waals surface area contributed by atoms with Gasteiger partial charge in [-0.2, -0.15) is 13.2 Å². The number of carbonyl (C=O) groups is 1. The second kappa shape index (κ2) is 9.27. The number of fused-ring (bicyclic) bond motifs is 3. The Morgan fingerprint density at radius 2 is 1.78 bits per heavy atom. The number of benzene rings is 2. The van der Waals surface area contributed by atoms with E-state index in [0.29, 0.717) is 30.6 Å². The molecule has 10 heteroatoms. The summed E-state index contributed by atoms with van der Waals surface area (Å²) in [4.78, 5) is 11.0. The van der Waals surface area contributed by atoms with Crippen molar-refractivity contribution in [3.05, 3.63) is 70.8 Å². The predicted molar refractivity (Wildman–Crippen MR) is 126 cm³/mol. The molecule has 2 aromatic heterocycles. The number of primary amides is 1. The van der Waals surface area contributed by atoms with Crippen LogP contribution in [-0.2, 0) is 23.8 Å². The minimum Gasteiger partial charge on any atom is -0.370 e. The number of hydrogen-bond donors (Lipinski definition) is 2. The third-order valence-electron chi connectivity index (χ3n) is 6.37. The second-order valence-corrected chi connectivity index (χ2v) is 8.75. The van der Waals surface area contributed by atoms with E-state index in [0.717, 1.165) is 16.7 Å². The summed E-state index contributed by atoms with van der Waals surface area (Å²) < 4.78 is 53.1. The van der Waals surface area contributed by atoms with E-state index in [1.165, 1.54) is 12.1 Å². The predicted octanol–water partition coefficient (Wildman–Crippen LogP) is 5.31. The van der Waals surface area contributed by atoms with Crippen LogP contribution in [0.4, 0.5) is 13.2 Å². The zero-order valence-electron chi connectivity index (χ0n) is 19.4. The maximum absolute atomic E-state index is 14.1. The molecule has 0 saturated carbocycles. The molecule has 2 aromatic carbocycles. The van der Waals surface area contributed by atoms with Gasteiger partial charge in [0.25, 0.3) is 0 Å². The Hall–Kier alpha value is -3.92. The van der Waals surface area contributed by atoms with Crippen molar-refractivity contribution in [2.75, 3.05) is 6.54 Å². The summed E-state index contributed by atoms with van der Waals surface area (Å²) in [5.74, 6) is -0.757. The molecule has 1 amide bonds. The number of hydrogen-bond acceptors (Lipinski definition) is 6. The molecule has 7 nitrogen and oxygen atoms in total. The topological polar surface area (TPSA) is 107 Å². The Bertz CT molecular complexity index is 1410. The van der Waals surface area contributed by atoms with Crippen molar-refractivity contribution in [3.8, 4) is 34.0 Å². The van der Waals surface area contributed by atoms with E-state index in [2.05, 4.69) is 15.6 Å². The van der Waals surface area contributed by atoms with Gasteiger partial charge in [0, 0.05) is 35.7 Å². The lowest BCUT2D eigenvalue weighted by Gasteiger charge is -2.19. The van der Waals surface area contributed by atoms with Gasteiger partial charge in [-0.05, 0) is 30.9 Å². The van der Waals surface area contributed by atoms with Crippen molar-refractivity contribution in [3.63, 3.8) is 0 Å². The summed E-state index contributed by atoms with van der Waals surface area (Å²) in [5, 5.41) is 11.2. The van der Waals surface area contributed by atoms with E-state index < -0.39 is 17.4 Å². The SMILES string of the molecule is CC(NCCC(N)=O)c1ccc2c(c1)CCc1c-2noc1-c1noc(-c2ccccc2)c1C(F)(F)F. The van der Waals surface area contributed by atoms with E-state index in [1.54, 1.807) is 18.2 Å². The molecule has 0 bridgehead atoms. The Morgan fingerprint density at radius 3 is 2.50 bits per heavy atom. The Kier molecular flexibility index (Phi) is 6.13. The number of alkyl halides is 3. The van der Waals surface area contributed by atoms with Crippen LogP contribution >= 0.6 is 0 Å². The quantitative estimate of drug-likeness (QED) is 0.359. The number of aromatic nitrogens is 2. The molecule has 4 aromatic rings. The summed E-state index contributed by atoms with van der Waals surface area (Å²) in [6.45, 7) is 2.45. The van der Waals surface area contributed by atoms with Crippen LogP contribution < -0.4 is 11.1 Å². The summed E-state index contributed by atoms with van der Waals surface area (Å²) in [7, 11) is 0. The van der Waals surface area contributed by atoms with Crippen molar-refractivity contribution in [2.45, 2.75) is 38.4 Å². The molecule has 0 aliphatic heterocycles. The zero-order valence-corrected chi connectivity index (χ0v) is 19.4. The maximum Gasteiger partial charge on any atom is 0.422 e. The molecule has 186 valence electrons. The third kappa shape index (κ3) is 4.39. The van der Waals surface area contributed by atoms with Crippen LogP contribution in [0.15, 0.2) is 57.6 Å². The smallest absolute Gasteiger partial charge is 0.370 e. The minimum atomic E-state index is -4.71. The van der Waals surface area contributed by atoms with Crippen LogP contribution in [0.1, 0.15) is 41.6 Å². The van der Waals surface area contributed by atoms with Crippen LogP contribution in [0.2, 0.25) is 0 Å². The van der Waals surface area contributed by atoms with Crippen LogP contribution in [0.3, 0.4) is 0 Å². The van der Waals surface area contributed by atoms with Gasteiger partial charge in [0.2, 0.25) is 5.91 Å². The first-order valence-corrected chi connectivity index (χ1v) is 11.5. The number of carbonyl (C=O) groups excluding carboxylic acids is 1. The van der Waals surface area contributed by atoms with E-state index in [-0.39, 0.29) is 35.5 Å². The molecule has 2 heterocycles. The lowest BCUT2D eigenvalue weighted by Crippen LogP contribution is -2.24. The fourth-order valence-electron chi connectivity index (χ4n) is 4.54. The van der Waals surface area contributed by atoms with Gasteiger partial charge in [-0.25, -0.2) is 0 Å². The summed E-state index contributed by atoms with van der Waals surface area (Å²) in [6, 6.07) is 13.9. The Balaban J connectivity index is 1.49. The molecule has 0 spiro atoms. The number of aryl methyl sites for hydroxylation is 1. The van der Waals surface area contributed by atoms with Gasteiger partial charge >= 0.3 is 6.18 Å².